The van der Waals surface area contributed by atoms with E-state index in [-0.39, 0.29) is 11.8 Å². The summed E-state index contributed by atoms with van der Waals surface area (Å²) in [6.45, 7) is 0.884. The largest absolute Gasteiger partial charge is 0.497 e. The Morgan fingerprint density at radius 3 is 2.62 bits per heavy atom. The molecule has 0 spiro atoms. The van der Waals surface area contributed by atoms with Gasteiger partial charge in [-0.15, -0.1) is 0 Å². The molecule has 1 N–H and O–H groups in total. The molecule has 1 amide bonds. The molecule has 5 heteroatoms. The van der Waals surface area contributed by atoms with Crippen molar-refractivity contribution in [3.8, 4) is 5.75 Å². The smallest absolute Gasteiger partial charge is 0.311 e. The molecule has 0 bridgehead atoms. The van der Waals surface area contributed by atoms with Crippen molar-refractivity contribution in [3.63, 3.8) is 0 Å². The highest BCUT2D eigenvalue weighted by Gasteiger charge is 2.55. The van der Waals surface area contributed by atoms with Gasteiger partial charge in [0.15, 0.2) is 0 Å². The highest BCUT2D eigenvalue weighted by Crippen LogP contribution is 2.49. The number of ether oxygens (including phenoxy) is 1. The summed E-state index contributed by atoms with van der Waals surface area (Å²) in [5.74, 6) is -0.0493. The van der Waals surface area contributed by atoms with Gasteiger partial charge in [-0.25, -0.2) is 0 Å². The summed E-state index contributed by atoms with van der Waals surface area (Å²) in [4.78, 5) is 25.9. The number of rotatable bonds is 3. The maximum atomic E-state index is 12.5. The minimum atomic E-state index is -0.755. The number of hydrogen-bond acceptors (Lipinski definition) is 3. The molecule has 3 rings (SSSR count). The number of carbonyl (C=O) groups is 2. The molecule has 112 valence electrons. The highest BCUT2D eigenvalue weighted by molar-refractivity contribution is 5.95. The third kappa shape index (κ3) is 2.17. The molecule has 1 aromatic rings. The molecule has 0 aromatic heterocycles. The van der Waals surface area contributed by atoms with Gasteiger partial charge in [-0.05, 0) is 43.0 Å². The lowest BCUT2D eigenvalue weighted by molar-refractivity contribution is -0.149. The second-order valence-electron chi connectivity index (χ2n) is 5.96. The lowest BCUT2D eigenvalue weighted by atomic mass is 9.81. The van der Waals surface area contributed by atoms with E-state index in [1.54, 1.807) is 36.3 Å². The molecular formula is C16H19NO4. The predicted octanol–water partition coefficient (Wildman–Crippen LogP) is 2.02. The molecule has 1 aliphatic heterocycles. The summed E-state index contributed by atoms with van der Waals surface area (Å²) >= 11 is 0. The summed E-state index contributed by atoms with van der Waals surface area (Å²) in [7, 11) is 1.58. The maximum absolute atomic E-state index is 12.5. The number of likely N-dealkylation sites (tertiary alicyclic amines) is 1. The standard InChI is InChI=1S/C16H19NO4/c1-21-13-6-4-11(5-7-13)14(18)17-9-12-3-2-8-16(12,10-17)15(19)20/h4-7,12H,2-3,8-10H2,1H3,(H,19,20)/t12-,16+/m0/s1. The molecule has 1 saturated carbocycles. The van der Waals surface area contributed by atoms with Gasteiger partial charge in [0.25, 0.3) is 5.91 Å². The van der Waals surface area contributed by atoms with Gasteiger partial charge in [-0.3, -0.25) is 9.59 Å². The first kappa shape index (κ1) is 13.9. The van der Waals surface area contributed by atoms with E-state index in [9.17, 15) is 14.7 Å². The van der Waals surface area contributed by atoms with E-state index in [4.69, 9.17) is 4.74 Å². The number of nitrogens with zero attached hydrogens (tertiary/aromatic N) is 1. The number of fused-ring (bicyclic) bond motifs is 1. The van der Waals surface area contributed by atoms with Crippen LogP contribution in [0.5, 0.6) is 5.75 Å². The van der Waals surface area contributed by atoms with E-state index < -0.39 is 11.4 Å². The monoisotopic (exact) mass is 289 g/mol. The first-order valence-corrected chi connectivity index (χ1v) is 7.23. The average Bonchev–Trinajstić information content (AvgIpc) is 3.04. The third-order valence-electron chi connectivity index (χ3n) is 4.92. The maximum Gasteiger partial charge on any atom is 0.311 e. The molecule has 1 aromatic carbocycles. The quantitative estimate of drug-likeness (QED) is 0.924. The van der Waals surface area contributed by atoms with Crippen LogP contribution in [0.1, 0.15) is 29.6 Å². The molecule has 2 aliphatic rings. The van der Waals surface area contributed by atoms with E-state index in [0.717, 1.165) is 12.8 Å². The fraction of sp³-hybridized carbons (Fsp3) is 0.500. The Bertz CT molecular complexity index is 568. The van der Waals surface area contributed by atoms with E-state index in [1.807, 2.05) is 0 Å². The lowest BCUT2D eigenvalue weighted by Gasteiger charge is -2.23. The van der Waals surface area contributed by atoms with Crippen LogP contribution >= 0.6 is 0 Å². The van der Waals surface area contributed by atoms with Gasteiger partial charge in [0.2, 0.25) is 0 Å². The number of carboxylic acid groups (broad SMARTS) is 1. The van der Waals surface area contributed by atoms with Gasteiger partial charge in [0.1, 0.15) is 5.75 Å². The van der Waals surface area contributed by atoms with Gasteiger partial charge >= 0.3 is 5.97 Å². The Hall–Kier alpha value is -2.04. The van der Waals surface area contributed by atoms with Crippen molar-refractivity contribution in [3.05, 3.63) is 29.8 Å². The third-order valence-corrected chi connectivity index (χ3v) is 4.92. The summed E-state index contributed by atoms with van der Waals surface area (Å²) in [5, 5.41) is 9.56. The fourth-order valence-electron chi connectivity index (χ4n) is 3.71. The zero-order chi connectivity index (χ0) is 15.0. The van der Waals surface area contributed by atoms with Crippen molar-refractivity contribution >= 4 is 11.9 Å². The normalized spacial score (nSPS) is 27.5. The number of aliphatic carboxylic acids is 1. The Balaban J connectivity index is 1.79. The van der Waals surface area contributed by atoms with Crippen LogP contribution in [0.3, 0.4) is 0 Å². The van der Waals surface area contributed by atoms with Gasteiger partial charge in [0, 0.05) is 18.7 Å². The minimum Gasteiger partial charge on any atom is -0.497 e. The van der Waals surface area contributed by atoms with Gasteiger partial charge in [0.05, 0.1) is 12.5 Å². The second-order valence-corrected chi connectivity index (χ2v) is 5.96. The van der Waals surface area contributed by atoms with Crippen LogP contribution < -0.4 is 4.74 Å². The number of amides is 1. The number of carbonyl (C=O) groups excluding carboxylic acids is 1. The fourth-order valence-corrected chi connectivity index (χ4v) is 3.71. The Morgan fingerprint density at radius 1 is 1.33 bits per heavy atom. The summed E-state index contributed by atoms with van der Waals surface area (Å²) in [6, 6.07) is 6.94. The number of methoxy groups -OCH3 is 1. The van der Waals surface area contributed by atoms with E-state index >= 15 is 0 Å². The Kier molecular flexibility index (Phi) is 3.35. The van der Waals surface area contributed by atoms with Crippen LogP contribution in [0.25, 0.3) is 0 Å². The zero-order valence-electron chi connectivity index (χ0n) is 12.0. The second kappa shape index (κ2) is 5.06. The topological polar surface area (TPSA) is 66.8 Å². The highest BCUT2D eigenvalue weighted by atomic mass is 16.5. The van der Waals surface area contributed by atoms with Crippen molar-refractivity contribution in [2.45, 2.75) is 19.3 Å². The summed E-state index contributed by atoms with van der Waals surface area (Å²) in [5.41, 5.74) is -0.140. The van der Waals surface area contributed by atoms with Crippen molar-refractivity contribution < 1.29 is 19.4 Å². The first-order chi connectivity index (χ1) is 10.1. The van der Waals surface area contributed by atoms with Crippen molar-refractivity contribution in [1.29, 1.82) is 0 Å². The van der Waals surface area contributed by atoms with Crippen LogP contribution in [0, 0.1) is 11.3 Å². The molecule has 21 heavy (non-hydrogen) atoms. The van der Waals surface area contributed by atoms with Crippen molar-refractivity contribution in [2.24, 2.45) is 11.3 Å². The zero-order valence-corrected chi connectivity index (χ0v) is 12.0. The van der Waals surface area contributed by atoms with Crippen LogP contribution in [-0.4, -0.2) is 42.1 Å². The van der Waals surface area contributed by atoms with Crippen molar-refractivity contribution in [1.82, 2.24) is 4.90 Å². The van der Waals surface area contributed by atoms with Crippen LogP contribution in [0.2, 0.25) is 0 Å². The van der Waals surface area contributed by atoms with Crippen LogP contribution in [0.15, 0.2) is 24.3 Å². The molecule has 1 heterocycles. The number of carboxylic acids is 1. The van der Waals surface area contributed by atoms with Gasteiger partial charge in [-0.2, -0.15) is 0 Å². The molecule has 1 aliphatic carbocycles. The average molecular weight is 289 g/mol. The minimum absolute atomic E-state index is 0.0901. The molecule has 2 atom stereocenters. The van der Waals surface area contributed by atoms with Gasteiger partial charge in [-0.1, -0.05) is 6.42 Å². The Labute approximate surface area is 123 Å². The molecule has 1 saturated heterocycles. The van der Waals surface area contributed by atoms with Crippen molar-refractivity contribution in [2.75, 3.05) is 20.2 Å². The SMILES string of the molecule is COc1ccc(C(=O)N2C[C@@H]3CCC[C@@]3(C(=O)O)C2)cc1. The van der Waals surface area contributed by atoms with E-state index in [2.05, 4.69) is 0 Å². The number of hydrogen-bond donors (Lipinski definition) is 1. The molecule has 0 unspecified atom stereocenters. The Morgan fingerprint density at radius 2 is 2.05 bits per heavy atom. The molecule has 5 nitrogen and oxygen atoms in total. The molecule has 2 fully saturated rings. The first-order valence-electron chi connectivity index (χ1n) is 7.23. The van der Waals surface area contributed by atoms with Crippen LogP contribution in [-0.2, 0) is 4.79 Å². The van der Waals surface area contributed by atoms with Gasteiger partial charge < -0.3 is 14.7 Å². The van der Waals surface area contributed by atoms with E-state index in [1.165, 1.54) is 0 Å². The summed E-state index contributed by atoms with van der Waals surface area (Å²) in [6.07, 6.45) is 2.53. The molecular weight excluding hydrogens is 270 g/mol. The molecule has 0 radical (unpaired) electrons. The lowest BCUT2D eigenvalue weighted by Crippen LogP contribution is -2.37. The predicted molar refractivity (Wildman–Crippen MR) is 76.3 cm³/mol. The van der Waals surface area contributed by atoms with E-state index in [0.29, 0.717) is 30.8 Å². The van der Waals surface area contributed by atoms with Crippen LogP contribution in [0.4, 0.5) is 0 Å². The summed E-state index contributed by atoms with van der Waals surface area (Å²) < 4.78 is 5.08. The number of benzene rings is 1.